The number of aryl methyl sites for hydroxylation is 1. The van der Waals surface area contributed by atoms with Crippen LogP contribution in [-0.4, -0.2) is 12.2 Å². The first-order valence-electron chi connectivity index (χ1n) is 5.19. The molecule has 2 aromatic rings. The number of methoxy groups -OCH3 is 1. The first kappa shape index (κ1) is 12.4. The molecule has 0 bridgehead atoms. The van der Waals surface area contributed by atoms with Crippen molar-refractivity contribution in [2.45, 2.75) is 13.0 Å². The maximum atomic E-state index is 10.3. The number of hydrogen-bond acceptors (Lipinski definition) is 3. The van der Waals surface area contributed by atoms with Crippen LogP contribution in [0.15, 0.2) is 29.6 Å². The molecule has 0 spiro atoms. The summed E-state index contributed by atoms with van der Waals surface area (Å²) in [5.41, 5.74) is 1.78. The van der Waals surface area contributed by atoms with Crippen molar-refractivity contribution in [1.29, 1.82) is 0 Å². The quantitative estimate of drug-likeness (QED) is 0.917. The summed E-state index contributed by atoms with van der Waals surface area (Å²) >= 11 is 7.52. The number of aliphatic hydroxyl groups is 1. The van der Waals surface area contributed by atoms with Crippen molar-refractivity contribution in [2.24, 2.45) is 0 Å². The van der Waals surface area contributed by atoms with Gasteiger partial charge in [0.1, 0.15) is 11.9 Å². The van der Waals surface area contributed by atoms with Crippen LogP contribution in [0.4, 0.5) is 0 Å². The Morgan fingerprint density at radius 3 is 2.76 bits per heavy atom. The minimum atomic E-state index is -0.692. The van der Waals surface area contributed by atoms with Crippen LogP contribution in [0.1, 0.15) is 22.1 Å². The lowest BCUT2D eigenvalue weighted by molar-refractivity contribution is 0.219. The molecule has 1 N–H and O–H groups in total. The van der Waals surface area contributed by atoms with Crippen LogP contribution in [0.5, 0.6) is 5.75 Å². The topological polar surface area (TPSA) is 29.5 Å². The Labute approximate surface area is 109 Å². The molecule has 0 radical (unpaired) electrons. The summed E-state index contributed by atoms with van der Waals surface area (Å²) in [6.07, 6.45) is -0.692. The average molecular weight is 269 g/mol. The normalized spacial score (nSPS) is 12.5. The average Bonchev–Trinajstić information content (AvgIpc) is 2.80. The van der Waals surface area contributed by atoms with E-state index in [0.717, 1.165) is 16.0 Å². The minimum Gasteiger partial charge on any atom is -0.495 e. The van der Waals surface area contributed by atoms with Crippen molar-refractivity contribution < 1.29 is 9.84 Å². The first-order chi connectivity index (χ1) is 8.13. The smallest absolute Gasteiger partial charge is 0.135 e. The summed E-state index contributed by atoms with van der Waals surface area (Å²) in [6, 6.07) is 7.42. The maximum Gasteiger partial charge on any atom is 0.135 e. The van der Waals surface area contributed by atoms with Gasteiger partial charge in [0, 0.05) is 5.02 Å². The maximum absolute atomic E-state index is 10.3. The van der Waals surface area contributed by atoms with E-state index in [0.29, 0.717) is 10.8 Å². The number of benzene rings is 1. The highest BCUT2D eigenvalue weighted by atomic mass is 35.5. The summed E-state index contributed by atoms with van der Waals surface area (Å²) in [4.78, 5) is 0.799. The zero-order chi connectivity index (χ0) is 12.4. The molecule has 0 saturated heterocycles. The third-order valence-electron chi connectivity index (χ3n) is 2.64. The number of thiophene rings is 1. The molecule has 17 heavy (non-hydrogen) atoms. The van der Waals surface area contributed by atoms with E-state index in [1.165, 1.54) is 11.3 Å². The fraction of sp³-hybridized carbons (Fsp3) is 0.231. The van der Waals surface area contributed by atoms with Crippen LogP contribution in [0.25, 0.3) is 0 Å². The SMILES string of the molecule is COc1ccsc1C(O)c1ccc(C)c(Cl)c1. The summed E-state index contributed by atoms with van der Waals surface area (Å²) in [7, 11) is 1.60. The van der Waals surface area contributed by atoms with Gasteiger partial charge in [0.15, 0.2) is 0 Å². The summed E-state index contributed by atoms with van der Waals surface area (Å²) in [6.45, 7) is 1.93. The second-order valence-corrected chi connectivity index (χ2v) is 5.12. The predicted molar refractivity (Wildman–Crippen MR) is 71.1 cm³/mol. The lowest BCUT2D eigenvalue weighted by Crippen LogP contribution is -1.99. The predicted octanol–water partition coefficient (Wildman–Crippen LogP) is 3.80. The highest BCUT2D eigenvalue weighted by Crippen LogP contribution is 2.35. The third kappa shape index (κ3) is 2.46. The van der Waals surface area contributed by atoms with Crippen molar-refractivity contribution in [3.8, 4) is 5.75 Å². The van der Waals surface area contributed by atoms with Crippen LogP contribution in [0.2, 0.25) is 5.02 Å². The van der Waals surface area contributed by atoms with Gasteiger partial charge < -0.3 is 9.84 Å². The molecule has 2 nitrogen and oxygen atoms in total. The van der Waals surface area contributed by atoms with E-state index in [1.807, 2.05) is 30.5 Å². The monoisotopic (exact) mass is 268 g/mol. The lowest BCUT2D eigenvalue weighted by atomic mass is 10.1. The fourth-order valence-corrected chi connectivity index (χ4v) is 2.67. The Morgan fingerprint density at radius 2 is 2.12 bits per heavy atom. The molecule has 1 aromatic heterocycles. The molecule has 0 amide bonds. The molecule has 0 aliphatic rings. The van der Waals surface area contributed by atoms with Gasteiger partial charge in [-0.1, -0.05) is 23.7 Å². The van der Waals surface area contributed by atoms with Gasteiger partial charge in [0.2, 0.25) is 0 Å². The van der Waals surface area contributed by atoms with Gasteiger partial charge in [0.05, 0.1) is 12.0 Å². The molecular formula is C13H13ClO2S. The molecular weight excluding hydrogens is 256 g/mol. The Hall–Kier alpha value is -1.03. The van der Waals surface area contributed by atoms with Gasteiger partial charge in [-0.2, -0.15) is 0 Å². The highest BCUT2D eigenvalue weighted by molar-refractivity contribution is 7.10. The third-order valence-corrected chi connectivity index (χ3v) is 3.99. The number of ether oxygens (including phenoxy) is 1. The number of hydrogen-bond donors (Lipinski definition) is 1. The van der Waals surface area contributed by atoms with E-state index in [1.54, 1.807) is 13.2 Å². The van der Waals surface area contributed by atoms with Crippen molar-refractivity contribution in [3.63, 3.8) is 0 Å². The van der Waals surface area contributed by atoms with E-state index in [-0.39, 0.29) is 0 Å². The van der Waals surface area contributed by atoms with E-state index in [2.05, 4.69) is 0 Å². The largest absolute Gasteiger partial charge is 0.495 e. The van der Waals surface area contributed by atoms with Gasteiger partial charge in [-0.3, -0.25) is 0 Å². The van der Waals surface area contributed by atoms with Gasteiger partial charge in [-0.25, -0.2) is 0 Å². The van der Waals surface area contributed by atoms with Gasteiger partial charge in [0.25, 0.3) is 0 Å². The Morgan fingerprint density at radius 1 is 1.35 bits per heavy atom. The molecule has 2 rings (SSSR count). The minimum absolute atomic E-state index is 0.664. The Kier molecular flexibility index (Phi) is 3.72. The number of rotatable bonds is 3. The molecule has 1 heterocycles. The second kappa shape index (κ2) is 5.08. The van der Waals surface area contributed by atoms with E-state index in [9.17, 15) is 5.11 Å². The standard InChI is InChI=1S/C13H13ClO2S/c1-8-3-4-9(7-10(8)14)12(15)13-11(16-2)5-6-17-13/h3-7,12,15H,1-2H3. The summed E-state index contributed by atoms with van der Waals surface area (Å²) < 4.78 is 5.20. The van der Waals surface area contributed by atoms with E-state index < -0.39 is 6.10 Å². The molecule has 1 unspecified atom stereocenters. The zero-order valence-electron chi connectivity index (χ0n) is 9.61. The molecule has 0 aliphatic carbocycles. The van der Waals surface area contributed by atoms with E-state index >= 15 is 0 Å². The fourth-order valence-electron chi connectivity index (χ4n) is 1.61. The van der Waals surface area contributed by atoms with E-state index in [4.69, 9.17) is 16.3 Å². The summed E-state index contributed by atoms with van der Waals surface area (Å²) in [5.74, 6) is 0.708. The van der Waals surface area contributed by atoms with Crippen molar-refractivity contribution in [3.05, 3.63) is 50.7 Å². The molecule has 4 heteroatoms. The van der Waals surface area contributed by atoms with Gasteiger partial charge in [-0.05, 0) is 35.6 Å². The second-order valence-electron chi connectivity index (χ2n) is 3.76. The molecule has 0 saturated carbocycles. The van der Waals surface area contributed by atoms with Crippen LogP contribution in [0, 0.1) is 6.92 Å². The first-order valence-corrected chi connectivity index (χ1v) is 6.44. The molecule has 1 aromatic carbocycles. The van der Waals surface area contributed by atoms with Gasteiger partial charge >= 0.3 is 0 Å². The van der Waals surface area contributed by atoms with Crippen molar-refractivity contribution in [1.82, 2.24) is 0 Å². The lowest BCUT2D eigenvalue weighted by Gasteiger charge is -2.12. The van der Waals surface area contributed by atoms with Crippen LogP contribution in [-0.2, 0) is 0 Å². The zero-order valence-corrected chi connectivity index (χ0v) is 11.2. The van der Waals surface area contributed by atoms with Crippen LogP contribution >= 0.6 is 22.9 Å². The van der Waals surface area contributed by atoms with Crippen molar-refractivity contribution in [2.75, 3.05) is 7.11 Å². The number of aliphatic hydroxyl groups excluding tert-OH is 1. The Balaban J connectivity index is 2.36. The van der Waals surface area contributed by atoms with Gasteiger partial charge in [-0.15, -0.1) is 11.3 Å². The summed E-state index contributed by atoms with van der Waals surface area (Å²) in [5, 5.41) is 12.8. The van der Waals surface area contributed by atoms with Crippen LogP contribution < -0.4 is 4.74 Å². The number of halogens is 1. The van der Waals surface area contributed by atoms with Crippen molar-refractivity contribution >= 4 is 22.9 Å². The highest BCUT2D eigenvalue weighted by Gasteiger charge is 2.17. The van der Waals surface area contributed by atoms with Crippen LogP contribution in [0.3, 0.4) is 0 Å². The Bertz CT molecular complexity index is 522. The molecule has 0 fully saturated rings. The molecule has 90 valence electrons. The molecule has 1 atom stereocenters. The molecule has 0 aliphatic heterocycles.